The van der Waals surface area contributed by atoms with Crippen molar-refractivity contribution in [2.75, 3.05) is 0 Å². The molecule has 3 aliphatic rings. The van der Waals surface area contributed by atoms with Gasteiger partial charge in [0, 0.05) is 0 Å². The largest absolute Gasteiger partial charge is 0.507 e. The molecular formula is C34H52O2. The van der Waals surface area contributed by atoms with Crippen LogP contribution in [0, 0.1) is 57.3 Å². The normalized spacial score (nSPS) is 24.2. The molecule has 2 heteroatoms. The maximum atomic E-state index is 9.86. The van der Waals surface area contributed by atoms with Gasteiger partial charge in [-0.25, -0.2) is 0 Å². The summed E-state index contributed by atoms with van der Waals surface area (Å²) in [5, 5.41) is 19.6. The minimum Gasteiger partial charge on any atom is -0.507 e. The van der Waals surface area contributed by atoms with Gasteiger partial charge >= 0.3 is 0 Å². The van der Waals surface area contributed by atoms with Crippen molar-refractivity contribution >= 4 is 0 Å². The maximum absolute atomic E-state index is 9.86. The van der Waals surface area contributed by atoms with Crippen molar-refractivity contribution < 1.29 is 10.2 Å². The van der Waals surface area contributed by atoms with Gasteiger partial charge in [-0.05, 0) is 123 Å². The molecule has 2 N–H and O–H groups in total. The van der Waals surface area contributed by atoms with E-state index in [1.807, 2.05) is 26.0 Å². The molecule has 0 spiro atoms. The Hall–Kier alpha value is -1.96. The number of rotatable bonds is 2. The van der Waals surface area contributed by atoms with E-state index in [-0.39, 0.29) is 5.41 Å². The summed E-state index contributed by atoms with van der Waals surface area (Å²) in [6.07, 6.45) is 10.5. The van der Waals surface area contributed by atoms with Crippen LogP contribution in [0.2, 0.25) is 0 Å². The number of aryl methyl sites for hydroxylation is 4. The van der Waals surface area contributed by atoms with Crippen LogP contribution in [0.5, 0.6) is 11.5 Å². The summed E-state index contributed by atoms with van der Waals surface area (Å²) in [6.45, 7) is 18.7. The quantitative estimate of drug-likeness (QED) is 0.438. The van der Waals surface area contributed by atoms with E-state index in [9.17, 15) is 10.2 Å². The molecule has 36 heavy (non-hydrogen) atoms. The number of phenols is 2. The summed E-state index contributed by atoms with van der Waals surface area (Å²) in [5.74, 6) is 6.30. The van der Waals surface area contributed by atoms with E-state index in [2.05, 4.69) is 60.6 Å². The molecule has 0 heterocycles. The Labute approximate surface area is 221 Å². The zero-order chi connectivity index (χ0) is 26.8. The van der Waals surface area contributed by atoms with Crippen LogP contribution in [0.25, 0.3) is 0 Å². The predicted octanol–water partition coefficient (Wildman–Crippen LogP) is 9.35. The van der Waals surface area contributed by atoms with Gasteiger partial charge in [-0.15, -0.1) is 0 Å². The summed E-state index contributed by atoms with van der Waals surface area (Å²) < 4.78 is 0. The number of hydrogen-bond acceptors (Lipinski definition) is 2. The average molecular weight is 493 g/mol. The smallest absolute Gasteiger partial charge is 0.122 e. The molecule has 4 unspecified atom stereocenters. The first-order valence-electron chi connectivity index (χ1n) is 14.4. The zero-order valence-corrected chi connectivity index (χ0v) is 24.5. The minimum absolute atomic E-state index is 0.0147. The van der Waals surface area contributed by atoms with Crippen molar-refractivity contribution in [3.05, 3.63) is 57.6 Å². The average Bonchev–Trinajstić information content (AvgIpc) is 3.49. The summed E-state index contributed by atoms with van der Waals surface area (Å²) in [4.78, 5) is 0. The third-order valence-electron chi connectivity index (χ3n) is 8.75. The van der Waals surface area contributed by atoms with Crippen LogP contribution in [0.3, 0.4) is 0 Å². The zero-order valence-electron chi connectivity index (χ0n) is 24.5. The summed E-state index contributed by atoms with van der Waals surface area (Å²) in [7, 11) is 0. The second kappa shape index (κ2) is 11.6. The molecule has 0 aromatic heterocycles. The van der Waals surface area contributed by atoms with Crippen LogP contribution >= 0.6 is 0 Å². The Morgan fingerprint density at radius 3 is 1.75 bits per heavy atom. The van der Waals surface area contributed by atoms with Gasteiger partial charge in [0.05, 0.1) is 0 Å². The molecule has 0 radical (unpaired) electrons. The molecule has 0 amide bonds. The molecule has 3 aliphatic carbocycles. The first kappa shape index (κ1) is 28.6. The molecule has 3 fully saturated rings. The fraction of sp³-hybridized carbons (Fsp3) is 0.647. The Bertz CT molecular complexity index is 1010. The van der Waals surface area contributed by atoms with E-state index in [4.69, 9.17) is 0 Å². The van der Waals surface area contributed by atoms with Crippen LogP contribution < -0.4 is 0 Å². The second-order valence-electron chi connectivity index (χ2n) is 13.5. The van der Waals surface area contributed by atoms with Crippen molar-refractivity contribution in [3.63, 3.8) is 0 Å². The van der Waals surface area contributed by atoms with Crippen LogP contribution in [0.15, 0.2) is 24.3 Å². The number of hydrogen-bond donors (Lipinski definition) is 2. The number of benzene rings is 2. The topological polar surface area (TPSA) is 40.5 Å². The third-order valence-corrected chi connectivity index (χ3v) is 8.75. The fourth-order valence-electron chi connectivity index (χ4n) is 7.19. The van der Waals surface area contributed by atoms with E-state index in [0.29, 0.717) is 17.4 Å². The predicted molar refractivity (Wildman–Crippen MR) is 154 cm³/mol. The molecule has 2 nitrogen and oxygen atoms in total. The molecule has 2 aromatic rings. The molecule has 3 saturated carbocycles. The van der Waals surface area contributed by atoms with Gasteiger partial charge in [0.15, 0.2) is 0 Å². The molecule has 5 rings (SSSR count). The lowest BCUT2D eigenvalue weighted by Gasteiger charge is -2.23. The van der Waals surface area contributed by atoms with E-state index >= 15 is 0 Å². The van der Waals surface area contributed by atoms with Gasteiger partial charge < -0.3 is 10.2 Å². The van der Waals surface area contributed by atoms with Crippen molar-refractivity contribution in [1.29, 1.82) is 0 Å². The van der Waals surface area contributed by atoms with E-state index in [0.717, 1.165) is 28.7 Å². The Balaban J connectivity index is 0.000000151. The summed E-state index contributed by atoms with van der Waals surface area (Å²) in [6, 6.07) is 8.15. The number of phenolic OH excluding ortho intramolecular Hbond substituents is 2. The summed E-state index contributed by atoms with van der Waals surface area (Å²) >= 11 is 0. The lowest BCUT2D eigenvalue weighted by Crippen LogP contribution is -2.15. The molecule has 4 atom stereocenters. The van der Waals surface area contributed by atoms with Crippen LogP contribution in [0.1, 0.15) is 107 Å². The Morgan fingerprint density at radius 2 is 1.25 bits per heavy atom. The lowest BCUT2D eigenvalue weighted by molar-refractivity contribution is 0.259. The Kier molecular flexibility index (Phi) is 9.23. The third kappa shape index (κ3) is 6.87. The second-order valence-corrected chi connectivity index (χ2v) is 13.5. The van der Waals surface area contributed by atoms with Crippen molar-refractivity contribution in [2.24, 2.45) is 29.6 Å². The van der Waals surface area contributed by atoms with Crippen molar-refractivity contribution in [2.45, 2.75) is 113 Å². The fourth-order valence-corrected chi connectivity index (χ4v) is 7.19. The standard InChI is InChI=1S/2C12H18O.C10H16/c1-8-6-9(2)11(13)10(7-8)12(3,4)5;1-8(2)5-11-7-9(3)6-10(4)12(11)13;1-2-9-7-4-5-8(6-7)10(9)3-1/h6-7,13H,1-5H3;6-8,13H,5H2,1-4H3;7-10H,1-6H2. The summed E-state index contributed by atoms with van der Waals surface area (Å²) in [5.41, 5.74) is 6.50. The van der Waals surface area contributed by atoms with Gasteiger partial charge in [0.25, 0.3) is 0 Å². The monoisotopic (exact) mass is 492 g/mol. The minimum atomic E-state index is 0.0147. The lowest BCUT2D eigenvalue weighted by atomic mass is 9.82. The highest BCUT2D eigenvalue weighted by Crippen LogP contribution is 2.58. The van der Waals surface area contributed by atoms with Crippen LogP contribution in [-0.4, -0.2) is 10.2 Å². The van der Waals surface area contributed by atoms with Crippen LogP contribution in [0.4, 0.5) is 0 Å². The van der Waals surface area contributed by atoms with E-state index in [1.165, 1.54) is 34.8 Å². The molecule has 0 saturated heterocycles. The van der Waals surface area contributed by atoms with Gasteiger partial charge in [0.1, 0.15) is 11.5 Å². The first-order valence-corrected chi connectivity index (χ1v) is 14.4. The van der Waals surface area contributed by atoms with Gasteiger partial charge in [0.2, 0.25) is 0 Å². The van der Waals surface area contributed by atoms with Crippen molar-refractivity contribution in [3.8, 4) is 11.5 Å². The molecular weight excluding hydrogens is 440 g/mol. The maximum Gasteiger partial charge on any atom is 0.122 e. The van der Waals surface area contributed by atoms with Gasteiger partial charge in [-0.3, -0.25) is 0 Å². The molecule has 2 aromatic carbocycles. The SMILES string of the molecule is C1CC2C3CCC(C3)C2C1.Cc1cc(C)c(O)c(C(C)(C)C)c1.Cc1cc(C)c(O)c(CC(C)C)c1. The molecule has 200 valence electrons. The first-order chi connectivity index (χ1) is 16.8. The van der Waals surface area contributed by atoms with E-state index < -0.39 is 0 Å². The van der Waals surface area contributed by atoms with Crippen LogP contribution in [-0.2, 0) is 11.8 Å². The molecule has 0 aliphatic heterocycles. The molecule has 2 bridgehead atoms. The van der Waals surface area contributed by atoms with Crippen molar-refractivity contribution in [1.82, 2.24) is 0 Å². The van der Waals surface area contributed by atoms with Gasteiger partial charge in [-0.1, -0.05) is 76.4 Å². The Morgan fingerprint density at radius 1 is 0.750 bits per heavy atom. The highest BCUT2D eigenvalue weighted by molar-refractivity contribution is 5.46. The number of aromatic hydroxyl groups is 2. The highest BCUT2D eigenvalue weighted by atomic mass is 16.3. The van der Waals surface area contributed by atoms with E-state index in [1.54, 1.807) is 38.5 Å². The van der Waals surface area contributed by atoms with Gasteiger partial charge in [-0.2, -0.15) is 0 Å². The highest BCUT2D eigenvalue weighted by Gasteiger charge is 2.48. The number of fused-ring (bicyclic) bond motifs is 5.